The van der Waals surface area contributed by atoms with E-state index < -0.39 is 6.10 Å². The SMILES string of the molecule is CC(O)COC(C)CO.CCOCCOCCOCC. The van der Waals surface area contributed by atoms with Gasteiger partial charge in [0, 0.05) is 13.2 Å². The zero-order chi connectivity index (χ0) is 15.6. The first-order chi connectivity index (χ1) is 9.58. The largest absolute Gasteiger partial charge is 0.394 e. The van der Waals surface area contributed by atoms with Gasteiger partial charge in [0.1, 0.15) is 0 Å². The maximum absolute atomic E-state index is 8.69. The second-order valence-corrected chi connectivity index (χ2v) is 4.18. The van der Waals surface area contributed by atoms with Gasteiger partial charge >= 0.3 is 0 Å². The van der Waals surface area contributed by atoms with Gasteiger partial charge in [-0.2, -0.15) is 0 Å². The second-order valence-electron chi connectivity index (χ2n) is 4.18. The van der Waals surface area contributed by atoms with Gasteiger partial charge in [-0.3, -0.25) is 0 Å². The molecule has 0 saturated heterocycles. The Bertz CT molecular complexity index is 158. The van der Waals surface area contributed by atoms with Crippen molar-refractivity contribution in [2.75, 3.05) is 52.9 Å². The second kappa shape index (κ2) is 18.8. The molecule has 0 spiro atoms. The highest BCUT2D eigenvalue weighted by molar-refractivity contribution is 4.47. The van der Waals surface area contributed by atoms with E-state index in [0.717, 1.165) is 13.2 Å². The number of hydrogen-bond acceptors (Lipinski definition) is 6. The lowest BCUT2D eigenvalue weighted by Gasteiger charge is -2.10. The summed E-state index contributed by atoms with van der Waals surface area (Å²) < 4.78 is 20.3. The molecule has 6 heteroatoms. The Kier molecular flexibility index (Phi) is 20.7. The van der Waals surface area contributed by atoms with Crippen molar-refractivity contribution in [2.24, 2.45) is 0 Å². The van der Waals surface area contributed by atoms with Crippen LogP contribution in [0.5, 0.6) is 0 Å². The first-order valence-electron chi connectivity index (χ1n) is 7.22. The Hall–Kier alpha value is -0.240. The first-order valence-corrected chi connectivity index (χ1v) is 7.22. The molecule has 0 radical (unpaired) electrons. The van der Waals surface area contributed by atoms with Gasteiger partial charge < -0.3 is 29.2 Å². The zero-order valence-corrected chi connectivity index (χ0v) is 13.3. The van der Waals surface area contributed by atoms with E-state index in [9.17, 15) is 0 Å². The summed E-state index contributed by atoms with van der Waals surface area (Å²) in [5.74, 6) is 0. The summed E-state index contributed by atoms with van der Waals surface area (Å²) >= 11 is 0. The smallest absolute Gasteiger partial charge is 0.0779 e. The van der Waals surface area contributed by atoms with Crippen molar-refractivity contribution >= 4 is 0 Å². The van der Waals surface area contributed by atoms with Gasteiger partial charge in [-0.15, -0.1) is 0 Å². The Morgan fingerprint density at radius 2 is 1.30 bits per heavy atom. The monoisotopic (exact) mass is 296 g/mol. The van der Waals surface area contributed by atoms with Crippen LogP contribution in [-0.4, -0.2) is 75.3 Å². The van der Waals surface area contributed by atoms with Crippen molar-refractivity contribution < 1.29 is 29.2 Å². The van der Waals surface area contributed by atoms with Gasteiger partial charge in [0.25, 0.3) is 0 Å². The zero-order valence-electron chi connectivity index (χ0n) is 13.3. The summed E-state index contributed by atoms with van der Waals surface area (Å²) in [6.45, 7) is 11.9. The maximum Gasteiger partial charge on any atom is 0.0779 e. The van der Waals surface area contributed by atoms with Gasteiger partial charge in [-0.1, -0.05) is 0 Å². The molecule has 124 valence electrons. The lowest BCUT2D eigenvalue weighted by molar-refractivity contribution is -0.0177. The van der Waals surface area contributed by atoms with Crippen molar-refractivity contribution in [1.82, 2.24) is 0 Å². The third-order valence-corrected chi connectivity index (χ3v) is 2.03. The highest BCUT2D eigenvalue weighted by atomic mass is 16.5. The Balaban J connectivity index is 0. The highest BCUT2D eigenvalue weighted by Crippen LogP contribution is 1.90. The third kappa shape index (κ3) is 22.9. The Morgan fingerprint density at radius 1 is 0.850 bits per heavy atom. The van der Waals surface area contributed by atoms with E-state index >= 15 is 0 Å². The predicted molar refractivity (Wildman–Crippen MR) is 78.0 cm³/mol. The first kappa shape index (κ1) is 22.0. The van der Waals surface area contributed by atoms with Crippen molar-refractivity contribution in [3.63, 3.8) is 0 Å². The van der Waals surface area contributed by atoms with Crippen LogP contribution in [0.15, 0.2) is 0 Å². The van der Waals surface area contributed by atoms with Gasteiger partial charge in [-0.05, 0) is 27.7 Å². The lowest BCUT2D eigenvalue weighted by atomic mass is 10.4. The number of rotatable bonds is 12. The van der Waals surface area contributed by atoms with Crippen LogP contribution in [0.3, 0.4) is 0 Å². The van der Waals surface area contributed by atoms with E-state index in [4.69, 9.17) is 29.2 Å². The molecule has 2 unspecified atom stereocenters. The summed E-state index contributed by atoms with van der Waals surface area (Å²) in [5.41, 5.74) is 0. The van der Waals surface area contributed by atoms with Gasteiger partial charge in [-0.25, -0.2) is 0 Å². The molecule has 0 aromatic heterocycles. The van der Waals surface area contributed by atoms with E-state index in [-0.39, 0.29) is 12.7 Å². The van der Waals surface area contributed by atoms with Crippen LogP contribution in [0.25, 0.3) is 0 Å². The van der Waals surface area contributed by atoms with Crippen LogP contribution in [0.4, 0.5) is 0 Å². The van der Waals surface area contributed by atoms with E-state index in [0.29, 0.717) is 33.0 Å². The van der Waals surface area contributed by atoms with Gasteiger partial charge in [0.15, 0.2) is 0 Å². The number of aliphatic hydroxyl groups is 2. The molecule has 0 amide bonds. The molecule has 0 aromatic carbocycles. The van der Waals surface area contributed by atoms with Gasteiger partial charge in [0.05, 0.1) is 51.8 Å². The molecule has 0 saturated carbocycles. The Labute approximate surface area is 123 Å². The maximum atomic E-state index is 8.69. The summed E-state index contributed by atoms with van der Waals surface area (Å²) in [7, 11) is 0. The topological polar surface area (TPSA) is 77.4 Å². The molecule has 0 heterocycles. The third-order valence-electron chi connectivity index (χ3n) is 2.03. The van der Waals surface area contributed by atoms with E-state index in [2.05, 4.69) is 0 Å². The van der Waals surface area contributed by atoms with Crippen LogP contribution in [0.2, 0.25) is 0 Å². The van der Waals surface area contributed by atoms with Crippen LogP contribution in [0, 0.1) is 0 Å². The predicted octanol–water partition coefficient (Wildman–Crippen LogP) is 0.841. The molecule has 6 nitrogen and oxygen atoms in total. The minimum Gasteiger partial charge on any atom is -0.394 e. The molecule has 0 aliphatic rings. The van der Waals surface area contributed by atoms with E-state index in [1.54, 1.807) is 13.8 Å². The molecular formula is C14H32O6. The van der Waals surface area contributed by atoms with Crippen molar-refractivity contribution in [2.45, 2.75) is 39.9 Å². The van der Waals surface area contributed by atoms with Crippen LogP contribution < -0.4 is 0 Å². The number of aliphatic hydroxyl groups excluding tert-OH is 2. The van der Waals surface area contributed by atoms with Crippen LogP contribution >= 0.6 is 0 Å². The average molecular weight is 296 g/mol. The fourth-order valence-electron chi connectivity index (χ4n) is 0.983. The molecule has 0 rings (SSSR count). The molecule has 2 N–H and O–H groups in total. The summed E-state index contributed by atoms with van der Waals surface area (Å²) in [5, 5.41) is 17.1. The summed E-state index contributed by atoms with van der Waals surface area (Å²) in [6.07, 6.45) is -0.612. The normalized spacial score (nSPS) is 13.5. The van der Waals surface area contributed by atoms with Crippen LogP contribution in [0.1, 0.15) is 27.7 Å². The number of ether oxygens (including phenoxy) is 4. The van der Waals surface area contributed by atoms with Crippen molar-refractivity contribution in [1.29, 1.82) is 0 Å². The molecule has 0 aromatic rings. The molecule has 0 fully saturated rings. The van der Waals surface area contributed by atoms with Crippen LogP contribution in [-0.2, 0) is 18.9 Å². The van der Waals surface area contributed by atoms with E-state index in [1.807, 2.05) is 13.8 Å². The lowest BCUT2D eigenvalue weighted by Crippen LogP contribution is -2.19. The van der Waals surface area contributed by atoms with E-state index in [1.165, 1.54) is 0 Å². The molecule has 0 bridgehead atoms. The molecular weight excluding hydrogens is 264 g/mol. The van der Waals surface area contributed by atoms with Gasteiger partial charge in [0.2, 0.25) is 0 Å². The molecule has 0 aliphatic heterocycles. The fraction of sp³-hybridized carbons (Fsp3) is 1.00. The Morgan fingerprint density at radius 3 is 1.65 bits per heavy atom. The average Bonchev–Trinajstić information content (AvgIpc) is 2.44. The summed E-state index contributed by atoms with van der Waals surface area (Å²) in [6, 6.07) is 0. The molecule has 2 atom stereocenters. The highest BCUT2D eigenvalue weighted by Gasteiger charge is 2.00. The van der Waals surface area contributed by atoms with Crippen molar-refractivity contribution in [3.05, 3.63) is 0 Å². The standard InChI is InChI=1S/C8H18O3.C6H14O3/c1-3-9-5-7-11-8-6-10-4-2;1-5(8)4-9-6(2)3-7/h3-8H2,1-2H3;5-8H,3-4H2,1-2H3. The van der Waals surface area contributed by atoms with Crippen molar-refractivity contribution in [3.8, 4) is 0 Å². The fourth-order valence-corrected chi connectivity index (χ4v) is 0.983. The quantitative estimate of drug-likeness (QED) is 0.520. The summed E-state index contributed by atoms with van der Waals surface area (Å²) in [4.78, 5) is 0. The molecule has 0 aliphatic carbocycles. The minimum absolute atomic E-state index is 0.00667. The molecule has 20 heavy (non-hydrogen) atoms. The number of hydrogen-bond donors (Lipinski definition) is 2. The minimum atomic E-state index is -0.445.